The second-order valence-electron chi connectivity index (χ2n) is 13.2. The Morgan fingerprint density at radius 1 is 0.356 bits per heavy atom. The number of carbonyl (C=O) groups excluding carboxylic acids is 3. The van der Waals surface area contributed by atoms with Crippen LogP contribution in [0.2, 0.25) is 0 Å². The van der Waals surface area contributed by atoms with E-state index in [9.17, 15) is 14.4 Å². The van der Waals surface area contributed by atoms with Crippen molar-refractivity contribution in [3.63, 3.8) is 0 Å². The van der Waals surface area contributed by atoms with Gasteiger partial charge in [0.1, 0.15) is 13.2 Å². The highest BCUT2D eigenvalue weighted by Crippen LogP contribution is 2.14. The molecule has 0 aromatic carbocycles. The minimum atomic E-state index is -0.754. The molecule has 0 unspecified atom stereocenters. The lowest BCUT2D eigenvalue weighted by molar-refractivity contribution is -0.167. The lowest BCUT2D eigenvalue weighted by Gasteiger charge is -2.18. The van der Waals surface area contributed by atoms with E-state index in [-0.39, 0.29) is 31.1 Å². The average Bonchev–Trinajstić information content (AvgIpc) is 3.03. The Morgan fingerprint density at radius 3 is 0.889 bits per heavy atom. The third-order valence-electron chi connectivity index (χ3n) is 8.61. The quantitative estimate of drug-likeness (QED) is 0.0390. The van der Waals surface area contributed by atoms with Gasteiger partial charge >= 0.3 is 17.9 Å². The normalized spacial score (nSPS) is 11.8. The lowest BCUT2D eigenvalue weighted by atomic mass is 10.0. The van der Waals surface area contributed by atoms with Gasteiger partial charge in [-0.1, -0.05) is 175 Å². The third-order valence-corrected chi connectivity index (χ3v) is 8.61. The summed E-state index contributed by atoms with van der Waals surface area (Å²) >= 11 is 0. The van der Waals surface area contributed by atoms with Gasteiger partial charge in [0.25, 0.3) is 0 Å². The van der Waals surface area contributed by atoms with Gasteiger partial charge in [0.15, 0.2) is 6.10 Å². The molecule has 0 rings (SSSR count). The van der Waals surface area contributed by atoms with Gasteiger partial charge < -0.3 is 14.2 Å². The average molecular weight is 639 g/mol. The molecular formula is C39H74O6. The highest BCUT2D eigenvalue weighted by molar-refractivity contribution is 5.71. The SMILES string of the molecule is CCCCCCCCCCCCCCCC(=O)O[C@@H](COC(=O)CCCCCCC)COC(=O)CCCCCCCCCCC. The zero-order valence-corrected chi connectivity index (χ0v) is 30.2. The first kappa shape index (κ1) is 43.4. The van der Waals surface area contributed by atoms with E-state index in [4.69, 9.17) is 14.2 Å². The Kier molecular flexibility index (Phi) is 34.0. The molecule has 0 saturated heterocycles. The van der Waals surface area contributed by atoms with E-state index in [1.807, 2.05) is 0 Å². The van der Waals surface area contributed by atoms with Crippen LogP contribution in [-0.2, 0) is 28.6 Å². The molecule has 266 valence electrons. The first-order valence-electron chi connectivity index (χ1n) is 19.5. The van der Waals surface area contributed by atoms with E-state index in [1.165, 1.54) is 109 Å². The molecule has 0 spiro atoms. The highest BCUT2D eigenvalue weighted by atomic mass is 16.6. The van der Waals surface area contributed by atoms with Crippen molar-refractivity contribution in [2.24, 2.45) is 0 Å². The van der Waals surface area contributed by atoms with Crippen molar-refractivity contribution in [1.82, 2.24) is 0 Å². The summed E-state index contributed by atoms with van der Waals surface area (Å²) in [5.41, 5.74) is 0. The maximum atomic E-state index is 12.6. The van der Waals surface area contributed by atoms with E-state index < -0.39 is 6.10 Å². The molecule has 1 atom stereocenters. The zero-order chi connectivity index (χ0) is 33.1. The smallest absolute Gasteiger partial charge is 0.306 e. The Hall–Kier alpha value is -1.59. The number of esters is 3. The molecule has 6 heteroatoms. The van der Waals surface area contributed by atoms with E-state index in [0.717, 1.165) is 64.2 Å². The molecule has 0 aliphatic carbocycles. The summed E-state index contributed by atoms with van der Waals surface area (Å²) in [6.07, 6.45) is 32.5. The Labute approximate surface area is 278 Å². The Balaban J connectivity index is 4.25. The topological polar surface area (TPSA) is 78.9 Å². The van der Waals surface area contributed by atoms with Gasteiger partial charge in [-0.15, -0.1) is 0 Å². The largest absolute Gasteiger partial charge is 0.462 e. The van der Waals surface area contributed by atoms with Crippen LogP contribution in [0.4, 0.5) is 0 Å². The predicted molar refractivity (Wildman–Crippen MR) is 187 cm³/mol. The number of hydrogen-bond acceptors (Lipinski definition) is 6. The van der Waals surface area contributed by atoms with Crippen LogP contribution in [0.3, 0.4) is 0 Å². The summed E-state index contributed by atoms with van der Waals surface area (Å²) in [7, 11) is 0. The lowest BCUT2D eigenvalue weighted by Crippen LogP contribution is -2.30. The van der Waals surface area contributed by atoms with Gasteiger partial charge in [-0.2, -0.15) is 0 Å². The molecular weight excluding hydrogens is 564 g/mol. The van der Waals surface area contributed by atoms with Gasteiger partial charge in [-0.25, -0.2) is 0 Å². The molecule has 0 aromatic heterocycles. The number of unbranched alkanes of at least 4 members (excludes halogenated alkanes) is 24. The zero-order valence-electron chi connectivity index (χ0n) is 30.2. The van der Waals surface area contributed by atoms with Crippen molar-refractivity contribution < 1.29 is 28.6 Å². The molecule has 0 amide bonds. The maximum Gasteiger partial charge on any atom is 0.306 e. The minimum Gasteiger partial charge on any atom is -0.462 e. The van der Waals surface area contributed by atoms with E-state index in [2.05, 4.69) is 20.8 Å². The Bertz CT molecular complexity index is 664. The van der Waals surface area contributed by atoms with E-state index in [1.54, 1.807) is 0 Å². The fourth-order valence-electron chi connectivity index (χ4n) is 5.62. The van der Waals surface area contributed by atoms with Crippen molar-refractivity contribution in [3.8, 4) is 0 Å². The van der Waals surface area contributed by atoms with Crippen molar-refractivity contribution in [2.75, 3.05) is 13.2 Å². The summed E-state index contributed by atoms with van der Waals surface area (Å²) < 4.78 is 16.5. The van der Waals surface area contributed by atoms with E-state index >= 15 is 0 Å². The molecule has 0 aliphatic rings. The fourth-order valence-corrected chi connectivity index (χ4v) is 5.62. The molecule has 45 heavy (non-hydrogen) atoms. The van der Waals surface area contributed by atoms with Crippen molar-refractivity contribution in [2.45, 2.75) is 219 Å². The first-order chi connectivity index (χ1) is 22.0. The van der Waals surface area contributed by atoms with Crippen LogP contribution in [0.1, 0.15) is 213 Å². The monoisotopic (exact) mass is 639 g/mol. The van der Waals surface area contributed by atoms with Crippen LogP contribution in [0.25, 0.3) is 0 Å². The van der Waals surface area contributed by atoms with Gasteiger partial charge in [-0.05, 0) is 19.3 Å². The highest BCUT2D eigenvalue weighted by Gasteiger charge is 2.19. The summed E-state index contributed by atoms with van der Waals surface area (Å²) in [5, 5.41) is 0. The van der Waals surface area contributed by atoms with Crippen LogP contribution >= 0.6 is 0 Å². The van der Waals surface area contributed by atoms with Crippen molar-refractivity contribution in [3.05, 3.63) is 0 Å². The summed E-state index contributed by atoms with van der Waals surface area (Å²) in [6.45, 7) is 6.52. The van der Waals surface area contributed by atoms with Gasteiger partial charge in [0.05, 0.1) is 0 Å². The molecule has 6 nitrogen and oxygen atoms in total. The van der Waals surface area contributed by atoms with Gasteiger partial charge in [-0.3, -0.25) is 14.4 Å². The number of carbonyl (C=O) groups is 3. The van der Waals surface area contributed by atoms with Crippen molar-refractivity contribution in [1.29, 1.82) is 0 Å². The number of rotatable bonds is 35. The summed E-state index contributed by atoms with van der Waals surface area (Å²) in [6, 6.07) is 0. The number of ether oxygens (including phenoxy) is 3. The predicted octanol–water partition coefficient (Wildman–Crippen LogP) is 11.7. The molecule has 0 heterocycles. The third kappa shape index (κ3) is 33.6. The molecule has 0 N–H and O–H groups in total. The van der Waals surface area contributed by atoms with E-state index in [0.29, 0.717) is 19.3 Å². The molecule has 0 radical (unpaired) electrons. The molecule has 0 aliphatic heterocycles. The summed E-state index contributed by atoms with van der Waals surface area (Å²) in [5.74, 6) is -0.878. The van der Waals surface area contributed by atoms with Crippen LogP contribution in [0, 0.1) is 0 Å². The molecule has 0 aromatic rings. The van der Waals surface area contributed by atoms with Gasteiger partial charge in [0, 0.05) is 19.3 Å². The minimum absolute atomic E-state index is 0.0651. The Morgan fingerprint density at radius 2 is 0.600 bits per heavy atom. The number of hydrogen-bond donors (Lipinski definition) is 0. The van der Waals surface area contributed by atoms with Crippen LogP contribution in [-0.4, -0.2) is 37.2 Å². The molecule has 0 fully saturated rings. The molecule has 0 saturated carbocycles. The second-order valence-corrected chi connectivity index (χ2v) is 13.2. The standard InChI is InChI=1S/C39H74O6/c1-4-7-10-13-15-17-18-19-20-22-24-27-30-33-39(42)45-36(34-43-37(40)31-28-25-12-9-6-3)35-44-38(41)32-29-26-23-21-16-14-11-8-5-2/h36H,4-35H2,1-3H3/t36-/m0/s1. The van der Waals surface area contributed by atoms with Gasteiger partial charge in [0.2, 0.25) is 0 Å². The fraction of sp³-hybridized carbons (Fsp3) is 0.923. The maximum absolute atomic E-state index is 12.6. The van der Waals surface area contributed by atoms with Crippen molar-refractivity contribution >= 4 is 17.9 Å². The second kappa shape index (κ2) is 35.3. The van der Waals surface area contributed by atoms with Crippen LogP contribution in [0.5, 0.6) is 0 Å². The molecule has 0 bridgehead atoms. The van der Waals surface area contributed by atoms with Crippen LogP contribution < -0.4 is 0 Å². The first-order valence-corrected chi connectivity index (χ1v) is 19.5. The summed E-state index contributed by atoms with van der Waals surface area (Å²) in [4.78, 5) is 37.2. The van der Waals surface area contributed by atoms with Crippen LogP contribution in [0.15, 0.2) is 0 Å².